The monoisotopic (exact) mass is 251 g/mol. The first-order chi connectivity index (χ1) is 8.52. The van der Waals surface area contributed by atoms with E-state index in [9.17, 15) is 14.5 Å². The van der Waals surface area contributed by atoms with Gasteiger partial charge in [-0.25, -0.2) is 4.39 Å². The van der Waals surface area contributed by atoms with E-state index in [1.54, 1.807) is 0 Å². The lowest BCUT2D eigenvalue weighted by Gasteiger charge is -2.00. The summed E-state index contributed by atoms with van der Waals surface area (Å²) >= 11 is 0. The molecule has 0 saturated carbocycles. The number of non-ortho nitro benzene ring substituents is 1. The number of nitro groups is 1. The molecule has 18 heavy (non-hydrogen) atoms. The van der Waals surface area contributed by atoms with E-state index in [2.05, 4.69) is 5.16 Å². The third kappa shape index (κ3) is 2.02. The van der Waals surface area contributed by atoms with Gasteiger partial charge in [0.25, 0.3) is 5.69 Å². The molecule has 2 rings (SSSR count). The number of nitrogens with zero attached hydrogens (tertiary/aromatic N) is 2. The standard InChI is InChI=1S/C11H10FN3O3/c1-2-9-10(14-18-11(9)13)6-3-7(12)5-8(4-6)15(16)17/h3-5H,2,13H2,1H3. The maximum atomic E-state index is 13.3. The third-order valence-electron chi connectivity index (χ3n) is 2.54. The van der Waals surface area contributed by atoms with Gasteiger partial charge in [0.1, 0.15) is 11.5 Å². The van der Waals surface area contributed by atoms with Gasteiger partial charge in [0, 0.05) is 17.2 Å². The van der Waals surface area contributed by atoms with Gasteiger partial charge in [0.05, 0.1) is 11.0 Å². The lowest BCUT2D eigenvalue weighted by Crippen LogP contribution is -1.93. The number of hydrogen-bond acceptors (Lipinski definition) is 5. The van der Waals surface area contributed by atoms with Crippen LogP contribution in [0.5, 0.6) is 0 Å². The predicted octanol–water partition coefficient (Wildman–Crippen LogP) is 2.53. The molecule has 94 valence electrons. The first kappa shape index (κ1) is 12.0. The summed E-state index contributed by atoms with van der Waals surface area (Å²) in [4.78, 5) is 10.0. The van der Waals surface area contributed by atoms with Gasteiger partial charge < -0.3 is 10.3 Å². The molecule has 1 aromatic heterocycles. The molecule has 0 spiro atoms. The van der Waals surface area contributed by atoms with Crippen molar-refractivity contribution >= 4 is 11.6 Å². The Morgan fingerprint density at radius 3 is 2.83 bits per heavy atom. The molecule has 0 aliphatic rings. The first-order valence-corrected chi connectivity index (χ1v) is 5.22. The quantitative estimate of drug-likeness (QED) is 0.668. The van der Waals surface area contributed by atoms with E-state index in [0.717, 1.165) is 12.1 Å². The number of benzene rings is 1. The molecule has 2 aromatic rings. The highest BCUT2D eigenvalue weighted by atomic mass is 19.1. The Kier molecular flexibility index (Phi) is 2.97. The van der Waals surface area contributed by atoms with E-state index < -0.39 is 10.7 Å². The van der Waals surface area contributed by atoms with Crippen LogP contribution in [0.2, 0.25) is 0 Å². The van der Waals surface area contributed by atoms with Crippen molar-refractivity contribution in [2.75, 3.05) is 5.73 Å². The Labute approximate surface area is 101 Å². The van der Waals surface area contributed by atoms with Crippen molar-refractivity contribution in [1.82, 2.24) is 5.16 Å². The molecule has 1 heterocycles. The Bertz CT molecular complexity index is 610. The number of rotatable bonds is 3. The number of halogens is 1. The van der Waals surface area contributed by atoms with E-state index in [4.69, 9.17) is 10.3 Å². The summed E-state index contributed by atoms with van der Waals surface area (Å²) in [6.07, 6.45) is 0.537. The number of aromatic nitrogens is 1. The number of nitro benzene ring substituents is 1. The van der Waals surface area contributed by atoms with E-state index in [0.29, 0.717) is 17.7 Å². The van der Waals surface area contributed by atoms with Crippen LogP contribution >= 0.6 is 0 Å². The lowest BCUT2D eigenvalue weighted by molar-refractivity contribution is -0.385. The van der Waals surface area contributed by atoms with Crippen LogP contribution in [0, 0.1) is 15.9 Å². The fraction of sp³-hybridized carbons (Fsp3) is 0.182. The van der Waals surface area contributed by atoms with Crippen LogP contribution in [-0.4, -0.2) is 10.1 Å². The van der Waals surface area contributed by atoms with E-state index in [1.807, 2.05) is 6.92 Å². The van der Waals surface area contributed by atoms with E-state index in [1.165, 1.54) is 6.07 Å². The van der Waals surface area contributed by atoms with Crippen LogP contribution in [0.4, 0.5) is 16.0 Å². The minimum atomic E-state index is -0.706. The Hall–Kier alpha value is -2.44. The van der Waals surface area contributed by atoms with Crippen molar-refractivity contribution in [3.63, 3.8) is 0 Å². The molecular weight excluding hydrogens is 241 g/mol. The topological polar surface area (TPSA) is 95.2 Å². The fourth-order valence-electron chi connectivity index (χ4n) is 1.71. The van der Waals surface area contributed by atoms with Crippen molar-refractivity contribution in [3.8, 4) is 11.3 Å². The zero-order chi connectivity index (χ0) is 13.3. The van der Waals surface area contributed by atoms with Gasteiger partial charge in [-0.3, -0.25) is 10.1 Å². The summed E-state index contributed by atoms with van der Waals surface area (Å²) < 4.78 is 18.1. The molecule has 0 fully saturated rings. The minimum absolute atomic E-state index is 0.138. The normalized spacial score (nSPS) is 10.6. The number of anilines is 1. The van der Waals surface area contributed by atoms with Crippen LogP contribution in [0.3, 0.4) is 0 Å². The highest BCUT2D eigenvalue weighted by molar-refractivity contribution is 5.69. The molecule has 0 bridgehead atoms. The van der Waals surface area contributed by atoms with Crippen LogP contribution in [-0.2, 0) is 6.42 Å². The SMILES string of the molecule is CCc1c(-c2cc(F)cc([N+](=O)[O-])c2)noc1N. The van der Waals surface area contributed by atoms with Crippen molar-refractivity contribution in [2.45, 2.75) is 13.3 Å². The zero-order valence-corrected chi connectivity index (χ0v) is 9.51. The van der Waals surface area contributed by atoms with Crippen molar-refractivity contribution in [3.05, 3.63) is 39.7 Å². The molecule has 0 atom stereocenters. The summed E-state index contributed by atoms with van der Waals surface area (Å²) in [5, 5.41) is 14.4. The second kappa shape index (κ2) is 4.44. The van der Waals surface area contributed by atoms with Crippen LogP contribution in [0.15, 0.2) is 22.7 Å². The molecule has 7 heteroatoms. The van der Waals surface area contributed by atoms with Crippen LogP contribution < -0.4 is 5.73 Å². The Balaban J connectivity index is 2.60. The van der Waals surface area contributed by atoms with Crippen molar-refractivity contribution < 1.29 is 13.8 Å². The summed E-state index contributed by atoms with van der Waals surface area (Å²) in [6.45, 7) is 1.83. The van der Waals surface area contributed by atoms with E-state index in [-0.39, 0.29) is 17.1 Å². The summed E-state index contributed by atoms with van der Waals surface area (Å²) in [7, 11) is 0. The molecule has 0 aliphatic carbocycles. The summed E-state index contributed by atoms with van der Waals surface area (Å²) in [6, 6.07) is 3.24. The number of nitrogen functional groups attached to an aromatic ring is 1. The molecule has 0 radical (unpaired) electrons. The third-order valence-corrected chi connectivity index (χ3v) is 2.54. The predicted molar refractivity (Wildman–Crippen MR) is 62.3 cm³/mol. The maximum Gasteiger partial charge on any atom is 0.273 e. The molecule has 0 saturated heterocycles. The Morgan fingerprint density at radius 1 is 1.50 bits per heavy atom. The first-order valence-electron chi connectivity index (χ1n) is 5.22. The molecule has 1 aromatic carbocycles. The molecule has 6 nitrogen and oxygen atoms in total. The van der Waals surface area contributed by atoms with Crippen LogP contribution in [0.1, 0.15) is 12.5 Å². The second-order valence-corrected chi connectivity index (χ2v) is 3.68. The highest BCUT2D eigenvalue weighted by Gasteiger charge is 2.18. The van der Waals surface area contributed by atoms with Gasteiger partial charge in [-0.15, -0.1) is 0 Å². The number of nitrogens with two attached hydrogens (primary N) is 1. The minimum Gasteiger partial charge on any atom is -0.367 e. The second-order valence-electron chi connectivity index (χ2n) is 3.68. The average molecular weight is 251 g/mol. The summed E-state index contributed by atoms with van der Waals surface area (Å²) in [5.74, 6) is -0.567. The van der Waals surface area contributed by atoms with Gasteiger partial charge in [0.15, 0.2) is 0 Å². The highest BCUT2D eigenvalue weighted by Crippen LogP contribution is 2.30. The van der Waals surface area contributed by atoms with Gasteiger partial charge in [-0.05, 0) is 12.5 Å². The average Bonchev–Trinajstić information content (AvgIpc) is 2.69. The summed E-state index contributed by atoms with van der Waals surface area (Å²) in [5.41, 5.74) is 6.44. The zero-order valence-electron chi connectivity index (χ0n) is 9.51. The van der Waals surface area contributed by atoms with Gasteiger partial charge in [-0.1, -0.05) is 12.1 Å². The number of hydrogen-bond donors (Lipinski definition) is 1. The van der Waals surface area contributed by atoms with E-state index >= 15 is 0 Å². The molecule has 0 aliphatic heterocycles. The van der Waals surface area contributed by atoms with Gasteiger partial charge in [0.2, 0.25) is 5.88 Å². The molecule has 0 amide bonds. The smallest absolute Gasteiger partial charge is 0.273 e. The van der Waals surface area contributed by atoms with Gasteiger partial charge >= 0.3 is 0 Å². The molecule has 0 unspecified atom stereocenters. The maximum absolute atomic E-state index is 13.3. The molecule has 2 N–H and O–H groups in total. The van der Waals surface area contributed by atoms with Crippen molar-refractivity contribution in [1.29, 1.82) is 0 Å². The van der Waals surface area contributed by atoms with Crippen molar-refractivity contribution in [2.24, 2.45) is 0 Å². The Morgan fingerprint density at radius 2 is 2.22 bits per heavy atom. The van der Waals surface area contributed by atoms with Crippen LogP contribution in [0.25, 0.3) is 11.3 Å². The van der Waals surface area contributed by atoms with Gasteiger partial charge in [-0.2, -0.15) is 0 Å². The largest absolute Gasteiger partial charge is 0.367 e. The fourth-order valence-corrected chi connectivity index (χ4v) is 1.71. The lowest BCUT2D eigenvalue weighted by atomic mass is 10.1. The molecular formula is C11H10FN3O3.